The van der Waals surface area contributed by atoms with Crippen LogP contribution in [0.1, 0.15) is 12.6 Å². The number of sulfonamides is 1. The number of hydrogen-bond acceptors (Lipinski definition) is 7. The van der Waals surface area contributed by atoms with Crippen molar-refractivity contribution in [2.24, 2.45) is 0 Å². The Hall–Kier alpha value is -1.71. The molecule has 3 rings (SSSR count). The summed E-state index contributed by atoms with van der Waals surface area (Å²) in [5.74, 6) is 1.45. The molecule has 0 radical (unpaired) electrons. The molecule has 7 nitrogen and oxygen atoms in total. The SMILES string of the molecule is CCNc1cc(C)nc(N2CCN(S(=O)(=O)c3cccs3)CC2)n1. The third kappa shape index (κ3) is 3.52. The predicted molar refractivity (Wildman–Crippen MR) is 96.2 cm³/mol. The van der Waals surface area contributed by atoms with Crippen LogP contribution in [0.25, 0.3) is 0 Å². The first kappa shape index (κ1) is 17.1. The smallest absolute Gasteiger partial charge is 0.252 e. The highest BCUT2D eigenvalue weighted by Gasteiger charge is 2.30. The summed E-state index contributed by atoms with van der Waals surface area (Å²) in [4.78, 5) is 11.0. The lowest BCUT2D eigenvalue weighted by atomic mass is 10.3. The third-order valence-corrected chi connectivity index (χ3v) is 7.08. The molecule has 1 aliphatic rings. The predicted octanol–water partition coefficient (Wildman–Crippen LogP) is 1.79. The van der Waals surface area contributed by atoms with Crippen LogP contribution in [0.3, 0.4) is 0 Å². The van der Waals surface area contributed by atoms with Gasteiger partial charge in [0.15, 0.2) is 0 Å². The quantitative estimate of drug-likeness (QED) is 0.868. The molecule has 3 heterocycles. The Morgan fingerprint density at radius 1 is 1.25 bits per heavy atom. The first-order valence-electron chi connectivity index (χ1n) is 7.89. The number of nitrogens with zero attached hydrogens (tertiary/aromatic N) is 4. The lowest BCUT2D eigenvalue weighted by molar-refractivity contribution is 0.383. The zero-order chi connectivity index (χ0) is 17.2. The van der Waals surface area contributed by atoms with Gasteiger partial charge in [-0.2, -0.15) is 9.29 Å². The molecule has 0 aromatic carbocycles. The summed E-state index contributed by atoms with van der Waals surface area (Å²) in [6.07, 6.45) is 0. The molecule has 0 aliphatic carbocycles. The summed E-state index contributed by atoms with van der Waals surface area (Å²) in [5.41, 5.74) is 0.893. The number of anilines is 2. The van der Waals surface area contributed by atoms with Crippen LogP contribution in [0, 0.1) is 6.92 Å². The van der Waals surface area contributed by atoms with Crippen LogP contribution in [0.5, 0.6) is 0 Å². The van der Waals surface area contributed by atoms with Crippen molar-refractivity contribution < 1.29 is 8.42 Å². The molecule has 9 heteroatoms. The van der Waals surface area contributed by atoms with Gasteiger partial charge >= 0.3 is 0 Å². The normalized spacial score (nSPS) is 16.3. The highest BCUT2D eigenvalue weighted by molar-refractivity contribution is 7.91. The van der Waals surface area contributed by atoms with Gasteiger partial charge in [0.05, 0.1) is 0 Å². The van der Waals surface area contributed by atoms with Crippen molar-refractivity contribution in [1.82, 2.24) is 14.3 Å². The fraction of sp³-hybridized carbons (Fsp3) is 0.467. The molecule has 0 saturated carbocycles. The molecule has 0 bridgehead atoms. The molecule has 0 atom stereocenters. The Morgan fingerprint density at radius 2 is 2.00 bits per heavy atom. The molecule has 24 heavy (non-hydrogen) atoms. The number of aromatic nitrogens is 2. The van der Waals surface area contributed by atoms with Crippen molar-refractivity contribution >= 4 is 33.1 Å². The second kappa shape index (κ2) is 7.04. The zero-order valence-electron chi connectivity index (χ0n) is 13.8. The number of hydrogen-bond donors (Lipinski definition) is 1. The van der Waals surface area contributed by atoms with E-state index in [4.69, 9.17) is 0 Å². The Balaban J connectivity index is 1.71. The van der Waals surface area contributed by atoms with Gasteiger partial charge in [-0.15, -0.1) is 11.3 Å². The minimum atomic E-state index is -3.38. The van der Waals surface area contributed by atoms with E-state index < -0.39 is 10.0 Å². The third-order valence-electron chi connectivity index (χ3n) is 3.81. The maximum Gasteiger partial charge on any atom is 0.252 e. The van der Waals surface area contributed by atoms with Gasteiger partial charge in [0.2, 0.25) is 5.95 Å². The van der Waals surface area contributed by atoms with Crippen molar-refractivity contribution in [3.8, 4) is 0 Å². The fourth-order valence-electron chi connectivity index (χ4n) is 2.63. The van der Waals surface area contributed by atoms with Crippen LogP contribution >= 0.6 is 11.3 Å². The second-order valence-electron chi connectivity index (χ2n) is 5.55. The van der Waals surface area contributed by atoms with Crippen LogP contribution in [0.4, 0.5) is 11.8 Å². The molecule has 130 valence electrons. The summed E-state index contributed by atoms with van der Waals surface area (Å²) >= 11 is 1.25. The zero-order valence-corrected chi connectivity index (χ0v) is 15.4. The average molecular weight is 368 g/mol. The van der Waals surface area contributed by atoms with Crippen molar-refractivity contribution in [2.45, 2.75) is 18.1 Å². The molecule has 1 fully saturated rings. The first-order valence-corrected chi connectivity index (χ1v) is 10.2. The van der Waals surface area contributed by atoms with E-state index in [0.29, 0.717) is 36.3 Å². The van der Waals surface area contributed by atoms with Gasteiger partial charge in [-0.1, -0.05) is 6.07 Å². The monoisotopic (exact) mass is 367 g/mol. The molecule has 0 amide bonds. The second-order valence-corrected chi connectivity index (χ2v) is 8.66. The Morgan fingerprint density at radius 3 is 2.62 bits per heavy atom. The van der Waals surface area contributed by atoms with Crippen molar-refractivity contribution in [3.05, 3.63) is 29.3 Å². The van der Waals surface area contributed by atoms with E-state index in [1.807, 2.05) is 24.8 Å². The summed E-state index contributed by atoms with van der Waals surface area (Å²) < 4.78 is 27.1. The van der Waals surface area contributed by atoms with Gasteiger partial charge in [0.25, 0.3) is 10.0 Å². The van der Waals surface area contributed by atoms with Gasteiger partial charge < -0.3 is 10.2 Å². The first-order chi connectivity index (χ1) is 11.5. The topological polar surface area (TPSA) is 78.4 Å². The summed E-state index contributed by atoms with van der Waals surface area (Å²) in [5, 5.41) is 4.98. The van der Waals surface area contributed by atoms with Gasteiger partial charge in [0.1, 0.15) is 10.0 Å². The van der Waals surface area contributed by atoms with Gasteiger partial charge in [-0.3, -0.25) is 0 Å². The van der Waals surface area contributed by atoms with Crippen molar-refractivity contribution in [2.75, 3.05) is 42.9 Å². The largest absolute Gasteiger partial charge is 0.370 e. The van der Waals surface area contributed by atoms with E-state index in [0.717, 1.165) is 18.1 Å². The molecule has 1 N–H and O–H groups in total. The van der Waals surface area contributed by atoms with Crippen molar-refractivity contribution in [3.63, 3.8) is 0 Å². The molecule has 0 spiro atoms. The molecule has 0 unspecified atom stereocenters. The highest BCUT2D eigenvalue weighted by Crippen LogP contribution is 2.23. The van der Waals surface area contributed by atoms with Gasteiger partial charge in [-0.05, 0) is 25.3 Å². The standard InChI is InChI=1S/C15H21N5O2S2/c1-3-16-13-11-12(2)17-15(18-13)19-6-8-20(9-7-19)24(21,22)14-5-4-10-23-14/h4-5,10-11H,3,6-9H2,1-2H3,(H,16,17,18). The summed E-state index contributed by atoms with van der Waals surface area (Å²) in [6.45, 7) is 6.79. The average Bonchev–Trinajstić information content (AvgIpc) is 3.10. The molecular formula is C15H21N5O2S2. The molecule has 1 saturated heterocycles. The van der Waals surface area contributed by atoms with Crippen LogP contribution in [-0.4, -0.2) is 55.4 Å². The van der Waals surface area contributed by atoms with E-state index in [1.165, 1.54) is 15.6 Å². The van der Waals surface area contributed by atoms with Gasteiger partial charge in [0, 0.05) is 44.5 Å². The van der Waals surface area contributed by atoms with Crippen LogP contribution < -0.4 is 10.2 Å². The Labute approximate surface area is 146 Å². The fourth-order valence-corrected chi connectivity index (χ4v) is 5.20. The van der Waals surface area contributed by atoms with Crippen LogP contribution in [0.2, 0.25) is 0 Å². The number of aryl methyl sites for hydroxylation is 1. The highest BCUT2D eigenvalue weighted by atomic mass is 32.2. The number of thiophene rings is 1. The maximum atomic E-state index is 12.6. The maximum absolute atomic E-state index is 12.6. The van der Waals surface area contributed by atoms with Gasteiger partial charge in [-0.25, -0.2) is 13.4 Å². The summed E-state index contributed by atoms with van der Waals surface area (Å²) in [7, 11) is -3.38. The molecular weight excluding hydrogens is 346 g/mol. The van der Waals surface area contributed by atoms with Crippen LogP contribution in [0.15, 0.2) is 27.8 Å². The van der Waals surface area contributed by atoms with Crippen molar-refractivity contribution in [1.29, 1.82) is 0 Å². The number of nitrogens with one attached hydrogen (secondary N) is 1. The van der Waals surface area contributed by atoms with E-state index >= 15 is 0 Å². The Kier molecular flexibility index (Phi) is 5.02. The minimum Gasteiger partial charge on any atom is -0.370 e. The lowest BCUT2D eigenvalue weighted by Crippen LogP contribution is -2.49. The number of rotatable bonds is 5. The van der Waals surface area contributed by atoms with E-state index in [2.05, 4.69) is 15.3 Å². The molecule has 2 aromatic heterocycles. The molecule has 1 aliphatic heterocycles. The van der Waals surface area contributed by atoms with Crippen LogP contribution in [-0.2, 0) is 10.0 Å². The molecule has 2 aromatic rings. The lowest BCUT2D eigenvalue weighted by Gasteiger charge is -2.33. The minimum absolute atomic E-state index is 0.400. The summed E-state index contributed by atoms with van der Waals surface area (Å²) in [6, 6.07) is 5.32. The number of piperazine rings is 1. The Bertz CT molecular complexity index is 784. The van der Waals surface area contributed by atoms with E-state index in [9.17, 15) is 8.42 Å². The van der Waals surface area contributed by atoms with E-state index in [-0.39, 0.29) is 0 Å². The van der Waals surface area contributed by atoms with E-state index in [1.54, 1.807) is 17.5 Å².